The minimum Gasteiger partial charge on any atom is -0.326 e. The lowest BCUT2D eigenvalue weighted by molar-refractivity contribution is -0.137. The summed E-state index contributed by atoms with van der Waals surface area (Å²) in [5, 5.41) is 11.8. The van der Waals surface area contributed by atoms with Crippen molar-refractivity contribution in [3.63, 3.8) is 0 Å². The molecule has 5 aromatic rings. The van der Waals surface area contributed by atoms with Gasteiger partial charge < -0.3 is 11.1 Å². The minimum atomic E-state index is -4.86. The number of aryl methyl sites for hydroxylation is 1. The summed E-state index contributed by atoms with van der Waals surface area (Å²) >= 11 is 0. The highest BCUT2D eigenvalue weighted by molar-refractivity contribution is 6.09. The summed E-state index contributed by atoms with van der Waals surface area (Å²) < 4.78 is 58.9. The maximum absolute atomic E-state index is 15.0. The van der Waals surface area contributed by atoms with Crippen molar-refractivity contribution < 1.29 is 22.4 Å². The molecule has 0 fully saturated rings. The molecule has 37 heavy (non-hydrogen) atoms. The predicted molar refractivity (Wildman–Crippen MR) is 131 cm³/mol. The zero-order valence-electron chi connectivity index (χ0n) is 19.4. The van der Waals surface area contributed by atoms with Crippen molar-refractivity contribution in [1.82, 2.24) is 19.6 Å². The van der Waals surface area contributed by atoms with Gasteiger partial charge in [0.15, 0.2) is 0 Å². The van der Waals surface area contributed by atoms with Gasteiger partial charge in [0, 0.05) is 30.7 Å². The Morgan fingerprint density at radius 1 is 1.03 bits per heavy atom. The molecule has 0 atom stereocenters. The maximum atomic E-state index is 15.0. The van der Waals surface area contributed by atoms with E-state index in [1.807, 2.05) is 6.07 Å². The van der Waals surface area contributed by atoms with Gasteiger partial charge in [-0.05, 0) is 48.0 Å². The second-order valence-electron chi connectivity index (χ2n) is 8.36. The van der Waals surface area contributed by atoms with E-state index >= 15 is 0 Å². The number of rotatable bonds is 5. The van der Waals surface area contributed by atoms with Gasteiger partial charge in [0.1, 0.15) is 11.6 Å². The van der Waals surface area contributed by atoms with Gasteiger partial charge in [-0.2, -0.15) is 23.4 Å². The van der Waals surface area contributed by atoms with E-state index in [0.717, 1.165) is 11.6 Å². The Hall–Kier alpha value is -4.51. The molecule has 0 aliphatic carbocycles. The Balaban J connectivity index is 1.63. The highest BCUT2D eigenvalue weighted by Gasteiger charge is 2.36. The number of hydrogen-bond acceptors (Lipinski definition) is 4. The molecule has 11 heteroatoms. The fourth-order valence-corrected chi connectivity index (χ4v) is 4.06. The zero-order chi connectivity index (χ0) is 26.3. The highest BCUT2D eigenvalue weighted by Crippen LogP contribution is 2.38. The number of carbonyl (C=O) groups excluding carboxylic acids is 1. The predicted octanol–water partition coefficient (Wildman–Crippen LogP) is 5.29. The molecule has 188 valence electrons. The number of amides is 1. The molecule has 1 amide bonds. The van der Waals surface area contributed by atoms with Crippen molar-refractivity contribution in [3.8, 4) is 16.9 Å². The van der Waals surface area contributed by atoms with Crippen LogP contribution in [0.4, 0.5) is 23.4 Å². The summed E-state index contributed by atoms with van der Waals surface area (Å²) in [6, 6.07) is 16.7. The molecule has 0 bridgehead atoms. The molecule has 0 aliphatic rings. The quantitative estimate of drug-likeness (QED) is 0.316. The molecule has 2 aromatic heterocycles. The van der Waals surface area contributed by atoms with Crippen LogP contribution in [0.15, 0.2) is 72.9 Å². The SMILES string of the molecule is Cn1ccc(-c2cc(C(=O)Nc3c4ccc(CN)cc4nn3-c3ccccc3)c(F)cc2C(F)(F)F)n1. The average molecular weight is 508 g/mol. The smallest absolute Gasteiger partial charge is 0.326 e. The van der Waals surface area contributed by atoms with Gasteiger partial charge in [-0.15, -0.1) is 0 Å². The molecule has 0 saturated carbocycles. The number of halogens is 4. The van der Waals surface area contributed by atoms with E-state index in [1.54, 1.807) is 49.5 Å². The lowest BCUT2D eigenvalue weighted by Crippen LogP contribution is -2.18. The molecule has 2 heterocycles. The van der Waals surface area contributed by atoms with Gasteiger partial charge in [-0.1, -0.05) is 24.3 Å². The first-order chi connectivity index (χ1) is 17.7. The molecule has 5 rings (SSSR count). The van der Waals surface area contributed by atoms with Crippen LogP contribution in [-0.4, -0.2) is 25.5 Å². The first-order valence-electron chi connectivity index (χ1n) is 11.1. The number of carbonyl (C=O) groups is 1. The van der Waals surface area contributed by atoms with Gasteiger partial charge in [-0.25, -0.2) is 9.07 Å². The Bertz CT molecular complexity index is 1620. The average Bonchev–Trinajstić information content (AvgIpc) is 3.47. The van der Waals surface area contributed by atoms with Gasteiger partial charge in [0.2, 0.25) is 0 Å². The van der Waals surface area contributed by atoms with E-state index in [-0.39, 0.29) is 18.1 Å². The monoisotopic (exact) mass is 508 g/mol. The largest absolute Gasteiger partial charge is 0.417 e. The summed E-state index contributed by atoms with van der Waals surface area (Å²) in [6.07, 6.45) is -3.40. The van der Waals surface area contributed by atoms with Crippen LogP contribution >= 0.6 is 0 Å². The highest BCUT2D eigenvalue weighted by atomic mass is 19.4. The number of nitrogens with zero attached hydrogens (tertiary/aromatic N) is 4. The number of aromatic nitrogens is 4. The van der Waals surface area contributed by atoms with Crippen molar-refractivity contribution in [2.45, 2.75) is 12.7 Å². The fraction of sp³-hybridized carbons (Fsp3) is 0.115. The van der Waals surface area contributed by atoms with Crippen LogP contribution in [0.1, 0.15) is 21.5 Å². The summed E-state index contributed by atoms with van der Waals surface area (Å²) in [5.74, 6) is -2.02. The topological polar surface area (TPSA) is 90.8 Å². The molecule has 7 nitrogen and oxygen atoms in total. The van der Waals surface area contributed by atoms with E-state index in [9.17, 15) is 22.4 Å². The molecule has 0 radical (unpaired) electrons. The maximum Gasteiger partial charge on any atom is 0.417 e. The van der Waals surface area contributed by atoms with E-state index < -0.39 is 34.6 Å². The second kappa shape index (κ2) is 9.17. The molecule has 0 saturated heterocycles. The Labute approximate surface area is 208 Å². The molecule has 0 aliphatic heterocycles. The Morgan fingerprint density at radius 2 is 1.78 bits per heavy atom. The lowest BCUT2D eigenvalue weighted by atomic mass is 9.99. The number of fused-ring (bicyclic) bond motifs is 1. The van der Waals surface area contributed by atoms with Crippen LogP contribution in [-0.2, 0) is 19.8 Å². The normalized spacial score (nSPS) is 11.7. The minimum absolute atomic E-state index is 0.0435. The van der Waals surface area contributed by atoms with Crippen molar-refractivity contribution >= 4 is 22.6 Å². The molecule has 3 N–H and O–H groups in total. The fourth-order valence-electron chi connectivity index (χ4n) is 4.06. The number of benzene rings is 3. The third-order valence-electron chi connectivity index (χ3n) is 5.85. The molecule has 0 unspecified atom stereocenters. The van der Waals surface area contributed by atoms with Gasteiger partial charge in [0.25, 0.3) is 5.91 Å². The van der Waals surface area contributed by atoms with E-state index in [0.29, 0.717) is 22.7 Å². The van der Waals surface area contributed by atoms with E-state index in [2.05, 4.69) is 15.5 Å². The van der Waals surface area contributed by atoms with Gasteiger partial charge >= 0.3 is 6.18 Å². The van der Waals surface area contributed by atoms with Crippen molar-refractivity contribution in [2.24, 2.45) is 12.8 Å². The van der Waals surface area contributed by atoms with Crippen LogP contribution in [0.5, 0.6) is 0 Å². The number of para-hydroxylation sites is 1. The van der Waals surface area contributed by atoms with Crippen LogP contribution in [0.2, 0.25) is 0 Å². The summed E-state index contributed by atoms with van der Waals surface area (Å²) in [4.78, 5) is 13.3. The number of nitrogens with one attached hydrogen (secondary N) is 1. The van der Waals surface area contributed by atoms with Gasteiger partial charge in [0.05, 0.1) is 28.0 Å². The first-order valence-corrected chi connectivity index (χ1v) is 11.1. The van der Waals surface area contributed by atoms with Crippen molar-refractivity contribution in [1.29, 1.82) is 0 Å². The molecular weight excluding hydrogens is 488 g/mol. The number of nitrogens with two attached hydrogens (primary N) is 1. The van der Waals surface area contributed by atoms with Crippen LogP contribution in [0, 0.1) is 5.82 Å². The number of alkyl halides is 3. The Morgan fingerprint density at radius 3 is 2.43 bits per heavy atom. The molecular formula is C26H20F4N6O. The summed E-state index contributed by atoms with van der Waals surface area (Å²) in [5.41, 5.74) is 5.46. The van der Waals surface area contributed by atoms with Crippen molar-refractivity contribution in [2.75, 3.05) is 5.32 Å². The first kappa shape index (κ1) is 24.2. The third-order valence-corrected chi connectivity index (χ3v) is 5.85. The van der Waals surface area contributed by atoms with E-state index in [4.69, 9.17) is 5.73 Å². The molecule has 3 aromatic carbocycles. The Kier molecular flexibility index (Phi) is 6.00. The second-order valence-corrected chi connectivity index (χ2v) is 8.36. The number of hydrogen-bond donors (Lipinski definition) is 2. The standard InChI is InChI=1S/C26H20F4N6O/c1-35-10-9-22(33-35)18-12-19(21(27)13-20(18)26(28,29)30)25(37)32-24-17-8-7-15(14-31)11-23(17)34-36(24)16-5-3-2-4-6-16/h2-13H,14,31H2,1H3,(H,32,37). The van der Waals surface area contributed by atoms with E-state index in [1.165, 1.54) is 21.6 Å². The third kappa shape index (κ3) is 4.56. The van der Waals surface area contributed by atoms with Gasteiger partial charge in [-0.3, -0.25) is 9.48 Å². The van der Waals surface area contributed by atoms with Crippen LogP contribution in [0.3, 0.4) is 0 Å². The van der Waals surface area contributed by atoms with Crippen molar-refractivity contribution in [3.05, 3.63) is 95.4 Å². The van der Waals surface area contributed by atoms with Crippen LogP contribution in [0.25, 0.3) is 27.8 Å². The summed E-state index contributed by atoms with van der Waals surface area (Å²) in [6.45, 7) is 0.281. The molecule has 0 spiro atoms. The van der Waals surface area contributed by atoms with Crippen LogP contribution < -0.4 is 11.1 Å². The number of anilines is 1. The zero-order valence-corrected chi connectivity index (χ0v) is 19.4. The lowest BCUT2D eigenvalue weighted by Gasteiger charge is -2.15. The summed E-state index contributed by atoms with van der Waals surface area (Å²) in [7, 11) is 1.54.